The number of aliphatic hydroxyl groups is 2. The monoisotopic (exact) mass is 439 g/mol. The number of rotatable bonds is 6. The molecule has 0 fully saturated rings. The van der Waals surface area contributed by atoms with E-state index in [1.54, 1.807) is 18.2 Å². The van der Waals surface area contributed by atoms with E-state index in [1.165, 1.54) is 11.1 Å². The first kappa shape index (κ1) is 21.0. The maximum absolute atomic E-state index is 10.8. The van der Waals surface area contributed by atoms with Gasteiger partial charge < -0.3 is 14.8 Å². The zero-order chi connectivity index (χ0) is 21.3. The van der Waals surface area contributed by atoms with Crippen LogP contribution in [0.3, 0.4) is 0 Å². The zero-order valence-corrected chi connectivity index (χ0v) is 18.2. The van der Waals surface area contributed by atoms with Gasteiger partial charge in [-0.05, 0) is 65.4 Å². The fourth-order valence-corrected chi connectivity index (χ4v) is 4.14. The van der Waals surface area contributed by atoms with Crippen molar-refractivity contribution in [3.63, 3.8) is 0 Å². The van der Waals surface area contributed by atoms with Gasteiger partial charge in [0.25, 0.3) is 0 Å². The molecule has 3 nitrogen and oxygen atoms in total. The maximum atomic E-state index is 10.8. The van der Waals surface area contributed by atoms with Crippen LogP contribution in [0.15, 0.2) is 66.9 Å². The largest absolute Gasteiger partial charge is 0.392 e. The third-order valence-electron chi connectivity index (χ3n) is 5.55. The van der Waals surface area contributed by atoms with Crippen molar-refractivity contribution in [2.75, 3.05) is 0 Å². The molecule has 0 amide bonds. The highest BCUT2D eigenvalue weighted by Crippen LogP contribution is 2.30. The molecule has 30 heavy (non-hydrogen) atoms. The van der Waals surface area contributed by atoms with Gasteiger partial charge in [-0.3, -0.25) is 0 Å². The van der Waals surface area contributed by atoms with Crippen molar-refractivity contribution in [1.82, 2.24) is 4.57 Å². The maximum Gasteiger partial charge on any atom is 0.0969 e. The molecule has 1 unspecified atom stereocenters. The lowest BCUT2D eigenvalue weighted by Crippen LogP contribution is -2.08. The minimum absolute atomic E-state index is 0.00315. The highest BCUT2D eigenvalue weighted by Gasteiger charge is 2.15. The van der Waals surface area contributed by atoms with Crippen molar-refractivity contribution in [2.45, 2.75) is 32.6 Å². The van der Waals surface area contributed by atoms with E-state index in [0.29, 0.717) is 16.6 Å². The molecular weight excluding hydrogens is 417 g/mol. The van der Waals surface area contributed by atoms with Gasteiger partial charge >= 0.3 is 0 Å². The van der Waals surface area contributed by atoms with Gasteiger partial charge in [0.15, 0.2) is 0 Å². The predicted octanol–water partition coefficient (Wildman–Crippen LogP) is 6.07. The van der Waals surface area contributed by atoms with Gasteiger partial charge in [-0.25, -0.2) is 0 Å². The Balaban J connectivity index is 1.72. The Morgan fingerprint density at radius 3 is 2.47 bits per heavy atom. The minimum Gasteiger partial charge on any atom is -0.392 e. The number of halogens is 2. The van der Waals surface area contributed by atoms with E-state index in [4.69, 9.17) is 23.2 Å². The highest BCUT2D eigenvalue weighted by molar-refractivity contribution is 6.42. The lowest BCUT2D eigenvalue weighted by molar-refractivity contribution is 0.158. The van der Waals surface area contributed by atoms with E-state index in [0.717, 1.165) is 34.0 Å². The lowest BCUT2D eigenvalue weighted by Gasteiger charge is -2.14. The molecule has 4 rings (SSSR count). The molecule has 154 valence electrons. The summed E-state index contributed by atoms with van der Waals surface area (Å²) in [5, 5.41) is 22.4. The van der Waals surface area contributed by atoms with Crippen LogP contribution < -0.4 is 0 Å². The van der Waals surface area contributed by atoms with Gasteiger partial charge in [0.1, 0.15) is 0 Å². The molecule has 5 heteroatoms. The summed E-state index contributed by atoms with van der Waals surface area (Å²) in [7, 11) is 0. The average molecular weight is 440 g/mol. The molecule has 0 spiro atoms. The number of fused-ring (bicyclic) bond motifs is 1. The molecule has 2 N–H and O–H groups in total. The molecule has 0 bridgehead atoms. The molecule has 0 aliphatic carbocycles. The summed E-state index contributed by atoms with van der Waals surface area (Å²) in [6.45, 7) is 2.50. The molecule has 0 aliphatic rings. The van der Waals surface area contributed by atoms with Crippen molar-refractivity contribution >= 4 is 34.1 Å². The Labute approximate surface area is 186 Å². The first-order valence-electron chi connectivity index (χ1n) is 9.85. The Kier molecular flexibility index (Phi) is 6.16. The number of nitrogens with zero attached hydrogens (tertiary/aromatic N) is 1. The summed E-state index contributed by atoms with van der Waals surface area (Å²) in [6.07, 6.45) is 2.16. The molecule has 1 aromatic heterocycles. The van der Waals surface area contributed by atoms with E-state index < -0.39 is 6.10 Å². The second-order valence-corrected chi connectivity index (χ2v) is 8.42. The fourth-order valence-electron chi connectivity index (χ4n) is 3.83. The van der Waals surface area contributed by atoms with Crippen molar-refractivity contribution in [1.29, 1.82) is 0 Å². The van der Waals surface area contributed by atoms with Gasteiger partial charge in [0, 0.05) is 17.1 Å². The standard InChI is InChI=1S/C25H23Cl2NO2/c1-16-4-2-3-5-18(16)11-20-13-28(24-9-6-17(15-29)10-21(20)24)14-25(30)19-7-8-22(26)23(27)12-19/h2-10,12-13,25,29-30H,11,14-15H2,1H3. The number of aliphatic hydroxyl groups excluding tert-OH is 2. The summed E-state index contributed by atoms with van der Waals surface area (Å²) >= 11 is 12.1. The van der Waals surface area contributed by atoms with Gasteiger partial charge in [-0.1, -0.05) is 59.6 Å². The number of aromatic nitrogens is 1. The lowest BCUT2D eigenvalue weighted by atomic mass is 9.99. The first-order chi connectivity index (χ1) is 14.5. The Morgan fingerprint density at radius 2 is 1.73 bits per heavy atom. The van der Waals surface area contributed by atoms with E-state index in [1.807, 2.05) is 24.3 Å². The van der Waals surface area contributed by atoms with Crippen LogP contribution in [0.25, 0.3) is 10.9 Å². The summed E-state index contributed by atoms with van der Waals surface area (Å²) in [4.78, 5) is 0. The van der Waals surface area contributed by atoms with E-state index >= 15 is 0 Å². The average Bonchev–Trinajstić information content (AvgIpc) is 3.08. The number of hydrogen-bond donors (Lipinski definition) is 2. The fraction of sp³-hybridized carbons (Fsp3) is 0.200. The molecule has 1 heterocycles. The third kappa shape index (κ3) is 4.26. The second-order valence-electron chi connectivity index (χ2n) is 7.61. The third-order valence-corrected chi connectivity index (χ3v) is 6.29. The van der Waals surface area contributed by atoms with Crippen LogP contribution in [0.4, 0.5) is 0 Å². The normalized spacial score (nSPS) is 12.4. The summed E-state index contributed by atoms with van der Waals surface area (Å²) in [5.74, 6) is 0. The minimum atomic E-state index is -0.723. The van der Waals surface area contributed by atoms with Crippen LogP contribution in [0.5, 0.6) is 0 Å². The Hall–Kier alpha value is -2.30. The topological polar surface area (TPSA) is 45.4 Å². The molecule has 0 saturated carbocycles. The molecule has 4 aromatic rings. The predicted molar refractivity (Wildman–Crippen MR) is 123 cm³/mol. The summed E-state index contributed by atoms with van der Waals surface area (Å²) < 4.78 is 2.07. The smallest absolute Gasteiger partial charge is 0.0969 e. The number of hydrogen-bond acceptors (Lipinski definition) is 2. The molecule has 0 saturated heterocycles. The van der Waals surface area contributed by atoms with Gasteiger partial charge in [0.2, 0.25) is 0 Å². The van der Waals surface area contributed by atoms with Crippen LogP contribution in [0.1, 0.15) is 33.9 Å². The van der Waals surface area contributed by atoms with Crippen LogP contribution >= 0.6 is 23.2 Å². The molecular formula is C25H23Cl2NO2. The van der Waals surface area contributed by atoms with Gasteiger partial charge in [0.05, 0.1) is 29.3 Å². The van der Waals surface area contributed by atoms with E-state index in [-0.39, 0.29) is 6.61 Å². The van der Waals surface area contributed by atoms with Crippen LogP contribution in [-0.2, 0) is 19.6 Å². The van der Waals surface area contributed by atoms with Gasteiger partial charge in [-0.15, -0.1) is 0 Å². The van der Waals surface area contributed by atoms with E-state index in [2.05, 4.69) is 35.9 Å². The Bertz CT molecular complexity index is 1200. The molecule has 0 radical (unpaired) electrons. The number of benzene rings is 3. The second kappa shape index (κ2) is 8.83. The van der Waals surface area contributed by atoms with Crippen LogP contribution in [-0.4, -0.2) is 14.8 Å². The van der Waals surface area contributed by atoms with Crippen molar-refractivity contribution in [2.24, 2.45) is 0 Å². The van der Waals surface area contributed by atoms with E-state index in [9.17, 15) is 10.2 Å². The SMILES string of the molecule is Cc1ccccc1Cc1cn(CC(O)c2ccc(Cl)c(Cl)c2)c2ccc(CO)cc12. The quantitative estimate of drug-likeness (QED) is 0.382. The molecule has 1 atom stereocenters. The molecule has 0 aliphatic heterocycles. The summed E-state index contributed by atoms with van der Waals surface area (Å²) in [5.41, 5.74) is 6.28. The highest BCUT2D eigenvalue weighted by atomic mass is 35.5. The van der Waals surface area contributed by atoms with Crippen LogP contribution in [0.2, 0.25) is 10.0 Å². The van der Waals surface area contributed by atoms with Gasteiger partial charge in [-0.2, -0.15) is 0 Å². The Morgan fingerprint density at radius 1 is 0.933 bits per heavy atom. The van der Waals surface area contributed by atoms with Crippen molar-refractivity contribution in [3.8, 4) is 0 Å². The van der Waals surface area contributed by atoms with Crippen molar-refractivity contribution < 1.29 is 10.2 Å². The first-order valence-corrected chi connectivity index (χ1v) is 10.6. The molecule has 3 aromatic carbocycles. The van der Waals surface area contributed by atoms with Crippen LogP contribution in [0, 0.1) is 6.92 Å². The summed E-state index contributed by atoms with van der Waals surface area (Å²) in [6, 6.07) is 19.5. The van der Waals surface area contributed by atoms with Crippen molar-refractivity contribution in [3.05, 3.63) is 105 Å². The zero-order valence-electron chi connectivity index (χ0n) is 16.6. The number of aryl methyl sites for hydroxylation is 1.